The van der Waals surface area contributed by atoms with Crippen LogP contribution in [0.4, 0.5) is 4.79 Å². The maximum absolute atomic E-state index is 11.7. The minimum Gasteiger partial charge on any atom is -0.533 e. The van der Waals surface area contributed by atoms with E-state index >= 15 is 0 Å². The molecule has 22 heavy (non-hydrogen) atoms. The number of nitrogens with zero attached hydrogens (tertiary/aromatic N) is 1. The zero-order chi connectivity index (χ0) is 16.2. The van der Waals surface area contributed by atoms with Crippen molar-refractivity contribution < 1.29 is 14.3 Å². The van der Waals surface area contributed by atoms with E-state index in [-0.39, 0.29) is 16.2 Å². The van der Waals surface area contributed by atoms with Crippen molar-refractivity contribution >= 4 is 31.2 Å². The van der Waals surface area contributed by atoms with Gasteiger partial charge in [-0.25, -0.2) is 0 Å². The molecular weight excluding hydrogens is 314 g/mol. The Morgan fingerprint density at radius 3 is 2.32 bits per heavy atom. The van der Waals surface area contributed by atoms with Gasteiger partial charge < -0.3 is 9.53 Å². The summed E-state index contributed by atoms with van der Waals surface area (Å²) in [6, 6.07) is 10.2. The summed E-state index contributed by atoms with van der Waals surface area (Å²) in [5.41, 5.74) is 1.07. The Balaban J connectivity index is 2.13. The topological polar surface area (TPSA) is 58.9 Å². The van der Waals surface area contributed by atoms with E-state index in [4.69, 9.17) is 4.43 Å². The first kappa shape index (κ1) is 17.1. The number of hydrogen-bond acceptors (Lipinski definition) is 4. The van der Waals surface area contributed by atoms with Crippen LogP contribution in [-0.2, 0) is 10.8 Å². The molecule has 0 saturated heterocycles. The van der Waals surface area contributed by atoms with Crippen LogP contribution in [0.15, 0.2) is 29.3 Å². The maximum Gasteiger partial charge on any atom is 0.308 e. The second-order valence-corrected chi connectivity index (χ2v) is 11.4. The molecule has 4 nitrogen and oxygen atoms in total. The Labute approximate surface area is 137 Å². The van der Waals surface area contributed by atoms with Crippen molar-refractivity contribution in [3.05, 3.63) is 29.8 Å². The van der Waals surface area contributed by atoms with E-state index in [1.54, 1.807) is 12.1 Å². The highest BCUT2D eigenvalue weighted by molar-refractivity contribution is 8.15. The molecule has 1 N–H and O–H groups in total. The zero-order valence-corrected chi connectivity index (χ0v) is 15.2. The van der Waals surface area contributed by atoms with Crippen LogP contribution < -0.4 is 0 Å². The van der Waals surface area contributed by atoms with Crippen LogP contribution in [0, 0.1) is 0 Å². The number of benzene rings is 1. The van der Waals surface area contributed by atoms with Crippen LogP contribution in [0.2, 0.25) is 18.1 Å². The van der Waals surface area contributed by atoms with E-state index in [0.29, 0.717) is 12.3 Å². The molecule has 1 atom stereocenters. The van der Waals surface area contributed by atoms with Crippen LogP contribution >= 0.6 is 11.8 Å². The molecule has 0 saturated carbocycles. The lowest BCUT2D eigenvalue weighted by Gasteiger charge is -2.30. The van der Waals surface area contributed by atoms with Crippen LogP contribution in [-0.4, -0.2) is 29.8 Å². The Morgan fingerprint density at radius 1 is 1.18 bits per heavy atom. The molecule has 1 aliphatic rings. The summed E-state index contributed by atoms with van der Waals surface area (Å²) in [5.74, 6) is 0.860. The number of carbonyl (C=O) groups is 1. The van der Waals surface area contributed by atoms with Gasteiger partial charge in [-0.1, -0.05) is 32.9 Å². The molecule has 6 heteroatoms. The smallest absolute Gasteiger partial charge is 0.308 e. The maximum atomic E-state index is 11.7. The summed E-state index contributed by atoms with van der Waals surface area (Å²) >= 11 is 1.24. The highest BCUT2D eigenvalue weighted by atomic mass is 32.2. The highest BCUT2D eigenvalue weighted by Gasteiger charge is 2.37. The third kappa shape index (κ3) is 3.92. The number of carbonyl (C=O) groups excluding carboxylic acids is 1. The van der Waals surface area contributed by atoms with Crippen LogP contribution in [0.1, 0.15) is 26.3 Å². The van der Waals surface area contributed by atoms with E-state index in [0.717, 1.165) is 23.7 Å². The van der Waals surface area contributed by atoms with Crippen molar-refractivity contribution in [2.75, 3.05) is 0 Å². The lowest BCUT2D eigenvalue weighted by Crippen LogP contribution is -2.40. The summed E-state index contributed by atoms with van der Waals surface area (Å²) in [6.07, 6.45) is 0.692. The lowest BCUT2D eigenvalue weighted by molar-refractivity contribution is 0.267. The molecule has 1 amide bonds. The SMILES string of the molecule is CC[Si](CC)(CC)OC1=NC(=O)SC1Cc1ccc(O)cc1. The van der Waals surface area contributed by atoms with Crippen molar-refractivity contribution in [2.45, 2.75) is 50.6 Å². The van der Waals surface area contributed by atoms with E-state index in [1.165, 1.54) is 11.8 Å². The van der Waals surface area contributed by atoms with Gasteiger partial charge in [-0.2, -0.15) is 4.99 Å². The van der Waals surface area contributed by atoms with Gasteiger partial charge in [0.05, 0.1) is 5.25 Å². The van der Waals surface area contributed by atoms with Gasteiger partial charge in [0.15, 0.2) is 5.90 Å². The van der Waals surface area contributed by atoms with Gasteiger partial charge in [-0.15, -0.1) is 0 Å². The average Bonchev–Trinajstić information content (AvgIpc) is 2.86. The van der Waals surface area contributed by atoms with Gasteiger partial charge in [0.25, 0.3) is 8.32 Å². The van der Waals surface area contributed by atoms with Crippen molar-refractivity contribution in [3.8, 4) is 5.75 Å². The van der Waals surface area contributed by atoms with Gasteiger partial charge in [0.1, 0.15) is 5.75 Å². The zero-order valence-electron chi connectivity index (χ0n) is 13.3. The Hall–Kier alpha value is -1.27. The number of phenols is 1. The van der Waals surface area contributed by atoms with E-state index in [2.05, 4.69) is 25.8 Å². The van der Waals surface area contributed by atoms with Crippen LogP contribution in [0.5, 0.6) is 5.75 Å². The number of aliphatic imine (C=N–C) groups is 1. The normalized spacial score (nSPS) is 18.4. The largest absolute Gasteiger partial charge is 0.533 e. The predicted octanol–water partition coefficient (Wildman–Crippen LogP) is 4.59. The second-order valence-electron chi connectivity index (χ2n) is 5.54. The Bertz CT molecular complexity index is 547. The molecular formula is C16H23NO3SSi. The fourth-order valence-corrected chi connectivity index (χ4v) is 6.13. The standard InChI is InChI=1S/C16H23NO3SSi/c1-4-22(5-2,6-3)20-15-14(21-16(19)17-15)11-12-7-9-13(18)10-8-12/h7-10,14,18H,4-6,11H2,1-3H3. The summed E-state index contributed by atoms with van der Waals surface area (Å²) < 4.78 is 6.32. The predicted molar refractivity (Wildman–Crippen MR) is 94.3 cm³/mol. The van der Waals surface area contributed by atoms with Gasteiger partial charge in [0, 0.05) is 0 Å². The monoisotopic (exact) mass is 337 g/mol. The first-order chi connectivity index (χ1) is 10.5. The number of aromatic hydroxyl groups is 1. The minimum absolute atomic E-state index is 0.0476. The molecule has 0 radical (unpaired) electrons. The number of thioether (sulfide) groups is 1. The van der Waals surface area contributed by atoms with Gasteiger partial charge in [-0.3, -0.25) is 4.79 Å². The molecule has 1 unspecified atom stereocenters. The third-order valence-electron chi connectivity index (χ3n) is 4.33. The average molecular weight is 338 g/mol. The Morgan fingerprint density at radius 2 is 1.77 bits per heavy atom. The number of amides is 1. The quantitative estimate of drug-likeness (QED) is 0.771. The summed E-state index contributed by atoms with van der Waals surface area (Å²) in [5, 5.41) is 9.15. The van der Waals surface area contributed by atoms with E-state index in [9.17, 15) is 9.90 Å². The Kier molecular flexibility index (Phi) is 5.69. The molecule has 0 spiro atoms. The molecule has 1 aliphatic heterocycles. The van der Waals surface area contributed by atoms with E-state index < -0.39 is 8.32 Å². The summed E-state index contributed by atoms with van der Waals surface area (Å²) in [6.45, 7) is 6.50. The molecule has 0 aliphatic carbocycles. The molecule has 2 rings (SSSR count). The fourth-order valence-electron chi connectivity index (χ4n) is 2.61. The lowest BCUT2D eigenvalue weighted by atomic mass is 10.1. The summed E-state index contributed by atoms with van der Waals surface area (Å²) in [4.78, 5) is 15.8. The van der Waals surface area contributed by atoms with Crippen LogP contribution in [0.25, 0.3) is 0 Å². The molecule has 1 heterocycles. The highest BCUT2D eigenvalue weighted by Crippen LogP contribution is 2.31. The number of phenolic OH excluding ortho intramolecular Hbond substituents is 1. The summed E-state index contributed by atoms with van der Waals surface area (Å²) in [7, 11) is -1.82. The van der Waals surface area contributed by atoms with Crippen molar-refractivity contribution in [1.82, 2.24) is 0 Å². The van der Waals surface area contributed by atoms with E-state index in [1.807, 2.05) is 12.1 Å². The van der Waals surface area contributed by atoms with Gasteiger partial charge in [0.2, 0.25) is 0 Å². The number of rotatable bonds is 6. The molecule has 1 aromatic rings. The first-order valence-corrected chi connectivity index (χ1v) is 11.2. The van der Waals surface area contributed by atoms with Gasteiger partial charge >= 0.3 is 5.24 Å². The second kappa shape index (κ2) is 7.33. The molecule has 0 bridgehead atoms. The van der Waals surface area contributed by atoms with Gasteiger partial charge in [-0.05, 0) is 54.0 Å². The fraction of sp³-hybridized carbons (Fsp3) is 0.500. The van der Waals surface area contributed by atoms with Crippen molar-refractivity contribution in [1.29, 1.82) is 0 Å². The van der Waals surface area contributed by atoms with Crippen LogP contribution in [0.3, 0.4) is 0 Å². The number of hydrogen-bond donors (Lipinski definition) is 1. The third-order valence-corrected chi connectivity index (χ3v) is 9.79. The molecule has 0 aromatic heterocycles. The van der Waals surface area contributed by atoms with Crippen molar-refractivity contribution in [2.24, 2.45) is 4.99 Å². The first-order valence-electron chi connectivity index (χ1n) is 7.78. The molecule has 120 valence electrons. The van der Waals surface area contributed by atoms with Crippen molar-refractivity contribution in [3.63, 3.8) is 0 Å². The minimum atomic E-state index is -1.82. The molecule has 0 fully saturated rings. The molecule has 1 aromatic carbocycles.